The van der Waals surface area contributed by atoms with Crippen LogP contribution in [0.15, 0.2) is 48.2 Å². The average Bonchev–Trinajstić information content (AvgIpc) is 2.27. The van der Waals surface area contributed by atoms with Crippen molar-refractivity contribution in [3.8, 4) is 0 Å². The van der Waals surface area contributed by atoms with Crippen molar-refractivity contribution >= 4 is 10.9 Å². The van der Waals surface area contributed by atoms with Crippen LogP contribution in [0.3, 0.4) is 0 Å². The maximum absolute atomic E-state index is 9.95. The van der Waals surface area contributed by atoms with Crippen LogP contribution in [0.25, 0.3) is 10.9 Å². The molecule has 1 aromatic carbocycles. The largest absolute Gasteiger partial charge is 0.384 e. The number of allylic oxidation sites excluding steroid dienone is 1. The van der Waals surface area contributed by atoms with Crippen molar-refractivity contribution in [1.82, 2.24) is 4.98 Å². The molecule has 1 heterocycles. The predicted molar refractivity (Wildman–Crippen MR) is 66.1 cm³/mol. The molecule has 0 fully saturated rings. The molecule has 1 atom stereocenters. The molecule has 1 unspecified atom stereocenters. The number of fused-ring (bicyclic) bond motifs is 1. The lowest BCUT2D eigenvalue weighted by Gasteiger charge is -2.08. The van der Waals surface area contributed by atoms with Gasteiger partial charge in [0, 0.05) is 11.6 Å². The third-order valence-corrected chi connectivity index (χ3v) is 2.46. The maximum Gasteiger partial charge on any atom is 0.0974 e. The summed E-state index contributed by atoms with van der Waals surface area (Å²) < 4.78 is 0. The summed E-state index contributed by atoms with van der Waals surface area (Å²) in [6.07, 6.45) is 3.08. The fraction of sp³-hybridized carbons (Fsp3) is 0.214. The van der Waals surface area contributed by atoms with Crippen molar-refractivity contribution in [3.05, 3.63) is 53.7 Å². The molecule has 0 saturated heterocycles. The highest BCUT2D eigenvalue weighted by Gasteiger charge is 2.04. The Balaban J connectivity index is 2.43. The highest BCUT2D eigenvalue weighted by atomic mass is 16.3. The predicted octanol–water partition coefficient (Wildman–Crippen LogP) is 3.23. The lowest BCUT2D eigenvalue weighted by molar-refractivity contribution is 0.228. The summed E-state index contributed by atoms with van der Waals surface area (Å²) in [5.41, 5.74) is 2.97. The van der Waals surface area contributed by atoms with Crippen LogP contribution in [0.2, 0.25) is 0 Å². The molecule has 2 heteroatoms. The van der Waals surface area contributed by atoms with Crippen molar-refractivity contribution in [3.63, 3.8) is 0 Å². The van der Waals surface area contributed by atoms with E-state index in [4.69, 9.17) is 0 Å². The Labute approximate surface area is 95.3 Å². The lowest BCUT2D eigenvalue weighted by Crippen LogP contribution is -1.94. The molecule has 0 radical (unpaired) electrons. The van der Waals surface area contributed by atoms with Crippen LogP contribution in [0.4, 0.5) is 0 Å². The quantitative estimate of drug-likeness (QED) is 0.777. The van der Waals surface area contributed by atoms with Crippen molar-refractivity contribution in [2.75, 3.05) is 0 Å². The molecular weight excluding hydrogens is 198 g/mol. The number of nitrogens with zero attached hydrogens (tertiary/aromatic N) is 1. The molecule has 0 amide bonds. The summed E-state index contributed by atoms with van der Waals surface area (Å²) in [7, 11) is 0. The number of benzene rings is 1. The molecule has 0 aliphatic rings. The first-order valence-electron chi connectivity index (χ1n) is 5.34. The number of pyridine rings is 1. The molecule has 2 rings (SSSR count). The number of aromatic nitrogens is 1. The van der Waals surface area contributed by atoms with Gasteiger partial charge in [0.25, 0.3) is 0 Å². The zero-order valence-electron chi connectivity index (χ0n) is 9.51. The van der Waals surface area contributed by atoms with Crippen LogP contribution in [-0.2, 0) is 0 Å². The van der Waals surface area contributed by atoms with Gasteiger partial charge in [-0.25, -0.2) is 0 Å². The van der Waals surface area contributed by atoms with E-state index in [9.17, 15) is 5.11 Å². The van der Waals surface area contributed by atoms with E-state index in [0.717, 1.165) is 22.0 Å². The van der Waals surface area contributed by atoms with Gasteiger partial charge in [0.1, 0.15) is 0 Å². The molecule has 0 saturated carbocycles. The third-order valence-electron chi connectivity index (χ3n) is 2.46. The van der Waals surface area contributed by atoms with E-state index in [-0.39, 0.29) is 0 Å². The smallest absolute Gasteiger partial charge is 0.0974 e. The second-order valence-corrected chi connectivity index (χ2v) is 4.14. The average molecular weight is 213 g/mol. The van der Waals surface area contributed by atoms with Crippen LogP contribution < -0.4 is 0 Å². The summed E-state index contributed by atoms with van der Waals surface area (Å²) in [5, 5.41) is 11.0. The summed E-state index contributed by atoms with van der Waals surface area (Å²) in [6, 6.07) is 9.74. The lowest BCUT2D eigenvalue weighted by atomic mass is 10.0. The molecule has 82 valence electrons. The van der Waals surface area contributed by atoms with Crippen LogP contribution >= 0.6 is 0 Å². The number of hydrogen-bond donors (Lipinski definition) is 1. The first-order chi connectivity index (χ1) is 7.66. The molecule has 2 nitrogen and oxygen atoms in total. The maximum atomic E-state index is 9.95. The summed E-state index contributed by atoms with van der Waals surface area (Å²) in [6.45, 7) is 3.96. The van der Waals surface area contributed by atoms with Gasteiger partial charge >= 0.3 is 0 Å². The van der Waals surface area contributed by atoms with Gasteiger partial charge in [0.15, 0.2) is 0 Å². The standard InChI is InChI=1S/C14H15NO/c1-10(2)8-14(16)12-5-6-13-11(9-12)4-3-7-15-13/h3-9,14,16H,1-2H3. The Morgan fingerprint density at radius 1 is 1.31 bits per heavy atom. The van der Waals surface area contributed by atoms with E-state index >= 15 is 0 Å². The zero-order valence-corrected chi connectivity index (χ0v) is 9.51. The first kappa shape index (κ1) is 10.8. The van der Waals surface area contributed by atoms with Gasteiger partial charge in [-0.3, -0.25) is 4.98 Å². The van der Waals surface area contributed by atoms with Crippen LogP contribution in [-0.4, -0.2) is 10.1 Å². The minimum Gasteiger partial charge on any atom is -0.384 e. The van der Waals surface area contributed by atoms with Crippen molar-refractivity contribution in [1.29, 1.82) is 0 Å². The van der Waals surface area contributed by atoms with Gasteiger partial charge in [-0.15, -0.1) is 0 Å². The highest BCUT2D eigenvalue weighted by Crippen LogP contribution is 2.20. The first-order valence-corrected chi connectivity index (χ1v) is 5.34. The summed E-state index contributed by atoms with van der Waals surface area (Å²) in [5.74, 6) is 0. The number of hydrogen-bond acceptors (Lipinski definition) is 2. The van der Waals surface area contributed by atoms with Crippen LogP contribution in [0, 0.1) is 0 Å². The molecule has 0 aliphatic carbocycles. The minimum absolute atomic E-state index is 0.533. The Bertz CT molecular complexity index is 527. The van der Waals surface area contributed by atoms with Crippen LogP contribution in [0.5, 0.6) is 0 Å². The molecule has 1 N–H and O–H groups in total. The van der Waals surface area contributed by atoms with Gasteiger partial charge in [-0.05, 0) is 37.6 Å². The zero-order chi connectivity index (χ0) is 11.5. The molecule has 0 bridgehead atoms. The molecule has 2 aromatic rings. The Morgan fingerprint density at radius 3 is 2.88 bits per heavy atom. The number of aliphatic hydroxyl groups excluding tert-OH is 1. The van der Waals surface area contributed by atoms with E-state index in [1.807, 2.05) is 50.3 Å². The molecule has 16 heavy (non-hydrogen) atoms. The topological polar surface area (TPSA) is 33.1 Å². The summed E-state index contributed by atoms with van der Waals surface area (Å²) >= 11 is 0. The van der Waals surface area contributed by atoms with Gasteiger partial charge in [0.2, 0.25) is 0 Å². The Morgan fingerprint density at radius 2 is 2.12 bits per heavy atom. The van der Waals surface area contributed by atoms with Gasteiger partial charge in [-0.1, -0.05) is 23.8 Å². The fourth-order valence-electron chi connectivity index (χ4n) is 1.69. The molecule has 0 spiro atoms. The summed E-state index contributed by atoms with van der Waals surface area (Å²) in [4.78, 5) is 4.25. The van der Waals surface area contributed by atoms with E-state index in [0.29, 0.717) is 0 Å². The monoisotopic (exact) mass is 213 g/mol. The normalized spacial score (nSPS) is 12.4. The number of rotatable bonds is 2. The van der Waals surface area contributed by atoms with Crippen molar-refractivity contribution in [2.45, 2.75) is 20.0 Å². The van der Waals surface area contributed by atoms with E-state index < -0.39 is 6.10 Å². The van der Waals surface area contributed by atoms with E-state index in [1.54, 1.807) is 6.20 Å². The SMILES string of the molecule is CC(C)=CC(O)c1ccc2ncccc2c1. The molecule has 0 aliphatic heterocycles. The molecular formula is C14H15NO. The Kier molecular flexibility index (Phi) is 3.02. The second-order valence-electron chi connectivity index (χ2n) is 4.14. The molecule has 1 aromatic heterocycles. The second kappa shape index (κ2) is 4.45. The van der Waals surface area contributed by atoms with Crippen LogP contribution in [0.1, 0.15) is 25.5 Å². The van der Waals surface area contributed by atoms with E-state index in [1.165, 1.54) is 0 Å². The fourth-order valence-corrected chi connectivity index (χ4v) is 1.69. The van der Waals surface area contributed by atoms with Crippen molar-refractivity contribution < 1.29 is 5.11 Å². The van der Waals surface area contributed by atoms with Gasteiger partial charge in [0.05, 0.1) is 11.6 Å². The van der Waals surface area contributed by atoms with Gasteiger partial charge < -0.3 is 5.11 Å². The third kappa shape index (κ3) is 2.28. The Hall–Kier alpha value is -1.67. The van der Waals surface area contributed by atoms with Crippen molar-refractivity contribution in [2.24, 2.45) is 0 Å². The highest BCUT2D eigenvalue weighted by molar-refractivity contribution is 5.79. The van der Waals surface area contributed by atoms with Gasteiger partial charge in [-0.2, -0.15) is 0 Å². The number of aliphatic hydroxyl groups is 1. The minimum atomic E-state index is -0.533. The van der Waals surface area contributed by atoms with E-state index in [2.05, 4.69) is 4.98 Å².